The minimum Gasteiger partial charge on any atom is -0.493 e. The molecule has 0 spiro atoms. The van der Waals surface area contributed by atoms with Crippen LogP contribution >= 0.6 is 28.1 Å². The summed E-state index contributed by atoms with van der Waals surface area (Å²) in [6.07, 6.45) is 1.64. The van der Waals surface area contributed by atoms with Gasteiger partial charge in [-0.25, -0.2) is 0 Å². The van der Waals surface area contributed by atoms with Crippen molar-refractivity contribution in [2.45, 2.75) is 0 Å². The molecule has 0 saturated heterocycles. The first-order valence-electron chi connectivity index (χ1n) is 5.04. The van der Waals surface area contributed by atoms with Crippen LogP contribution < -0.4 is 20.2 Å². The molecule has 98 valence electrons. The molecule has 0 unspecified atom stereocenters. The van der Waals surface area contributed by atoms with Gasteiger partial charge in [-0.1, -0.05) is 0 Å². The zero-order chi connectivity index (χ0) is 13.5. The Labute approximate surface area is 120 Å². The number of methoxy groups -OCH3 is 2. The Morgan fingerprint density at radius 1 is 1.39 bits per heavy atom. The Morgan fingerprint density at radius 3 is 2.67 bits per heavy atom. The maximum atomic E-state index is 5.23. The first-order chi connectivity index (χ1) is 8.62. The van der Waals surface area contributed by atoms with E-state index in [0.717, 1.165) is 10.0 Å². The molecule has 0 saturated carbocycles. The average molecular weight is 332 g/mol. The van der Waals surface area contributed by atoms with Crippen molar-refractivity contribution in [1.82, 2.24) is 10.7 Å². The first-order valence-corrected chi connectivity index (χ1v) is 6.24. The summed E-state index contributed by atoms with van der Waals surface area (Å²) in [6, 6.07) is 3.69. The fraction of sp³-hybridized carbons (Fsp3) is 0.273. The Kier molecular flexibility index (Phi) is 5.87. The lowest BCUT2D eigenvalue weighted by Gasteiger charge is -2.10. The fourth-order valence-electron chi connectivity index (χ4n) is 1.23. The van der Waals surface area contributed by atoms with Crippen LogP contribution in [0.1, 0.15) is 5.56 Å². The van der Waals surface area contributed by atoms with Gasteiger partial charge in [0.2, 0.25) is 0 Å². The second-order valence-electron chi connectivity index (χ2n) is 3.19. The molecule has 0 heterocycles. The molecule has 7 heteroatoms. The molecule has 0 aromatic heterocycles. The average Bonchev–Trinajstić information content (AvgIpc) is 2.37. The van der Waals surface area contributed by atoms with Gasteiger partial charge in [-0.3, -0.25) is 5.43 Å². The molecule has 0 aliphatic carbocycles. The Balaban J connectivity index is 2.91. The van der Waals surface area contributed by atoms with Crippen molar-refractivity contribution in [1.29, 1.82) is 0 Å². The highest BCUT2D eigenvalue weighted by atomic mass is 79.9. The summed E-state index contributed by atoms with van der Waals surface area (Å²) in [5.41, 5.74) is 3.52. The molecule has 1 aromatic carbocycles. The van der Waals surface area contributed by atoms with Crippen molar-refractivity contribution in [3.63, 3.8) is 0 Å². The number of hydrogen-bond donors (Lipinski definition) is 2. The van der Waals surface area contributed by atoms with Gasteiger partial charge in [0.05, 0.1) is 24.9 Å². The number of hydrazone groups is 1. The van der Waals surface area contributed by atoms with E-state index in [4.69, 9.17) is 21.7 Å². The molecule has 18 heavy (non-hydrogen) atoms. The highest BCUT2D eigenvalue weighted by Gasteiger charge is 2.09. The number of nitrogens with zero attached hydrogens (tertiary/aromatic N) is 1. The minimum atomic E-state index is 0.450. The van der Waals surface area contributed by atoms with Crippen molar-refractivity contribution in [3.05, 3.63) is 22.2 Å². The third kappa shape index (κ3) is 3.85. The minimum absolute atomic E-state index is 0.450. The summed E-state index contributed by atoms with van der Waals surface area (Å²) >= 11 is 8.30. The van der Waals surface area contributed by atoms with Gasteiger partial charge in [-0.15, -0.1) is 0 Å². The van der Waals surface area contributed by atoms with Gasteiger partial charge in [-0.05, 0) is 45.8 Å². The van der Waals surface area contributed by atoms with Crippen molar-refractivity contribution in [3.8, 4) is 11.5 Å². The predicted molar refractivity (Wildman–Crippen MR) is 79.6 cm³/mol. The van der Waals surface area contributed by atoms with E-state index in [2.05, 4.69) is 31.8 Å². The molecule has 0 amide bonds. The normalized spacial score (nSPS) is 10.2. The maximum absolute atomic E-state index is 5.23. The third-order valence-corrected chi connectivity index (χ3v) is 2.95. The lowest BCUT2D eigenvalue weighted by Crippen LogP contribution is -2.28. The number of thiocarbonyl (C=S) groups is 1. The van der Waals surface area contributed by atoms with Gasteiger partial charge in [0.25, 0.3) is 0 Å². The fourth-order valence-corrected chi connectivity index (χ4v) is 1.91. The van der Waals surface area contributed by atoms with Gasteiger partial charge in [0, 0.05) is 7.05 Å². The van der Waals surface area contributed by atoms with Crippen LogP contribution in [0, 0.1) is 0 Å². The highest BCUT2D eigenvalue weighted by Crippen LogP contribution is 2.35. The van der Waals surface area contributed by atoms with E-state index >= 15 is 0 Å². The molecule has 2 N–H and O–H groups in total. The van der Waals surface area contributed by atoms with E-state index in [1.54, 1.807) is 27.5 Å². The van der Waals surface area contributed by atoms with E-state index in [0.29, 0.717) is 16.6 Å². The number of rotatable bonds is 4. The Bertz CT molecular complexity index is 466. The van der Waals surface area contributed by atoms with E-state index in [1.165, 1.54) is 0 Å². The highest BCUT2D eigenvalue weighted by molar-refractivity contribution is 9.10. The van der Waals surface area contributed by atoms with Crippen LogP contribution in [0.25, 0.3) is 0 Å². The van der Waals surface area contributed by atoms with E-state index < -0.39 is 0 Å². The van der Waals surface area contributed by atoms with Crippen LogP contribution in [0.4, 0.5) is 0 Å². The van der Waals surface area contributed by atoms with E-state index in [1.807, 2.05) is 12.1 Å². The van der Waals surface area contributed by atoms with Crippen LogP contribution in [0.2, 0.25) is 0 Å². The van der Waals surface area contributed by atoms with Gasteiger partial charge < -0.3 is 14.8 Å². The number of nitrogens with one attached hydrogen (secondary N) is 2. The second kappa shape index (κ2) is 7.17. The molecule has 0 fully saturated rings. The molecular weight excluding hydrogens is 318 g/mol. The zero-order valence-electron chi connectivity index (χ0n) is 10.3. The molecular formula is C11H14BrN3O2S. The van der Waals surface area contributed by atoms with Gasteiger partial charge in [0.1, 0.15) is 0 Å². The second-order valence-corrected chi connectivity index (χ2v) is 4.45. The lowest BCUT2D eigenvalue weighted by atomic mass is 10.2. The molecule has 0 aliphatic rings. The van der Waals surface area contributed by atoms with Crippen molar-refractivity contribution >= 4 is 39.5 Å². The third-order valence-electron chi connectivity index (χ3n) is 2.06. The number of hydrogen-bond acceptors (Lipinski definition) is 4. The van der Waals surface area contributed by atoms with Crippen molar-refractivity contribution < 1.29 is 9.47 Å². The monoisotopic (exact) mass is 331 g/mol. The molecule has 0 radical (unpaired) electrons. The quantitative estimate of drug-likeness (QED) is 0.501. The van der Waals surface area contributed by atoms with Crippen LogP contribution in [0.5, 0.6) is 11.5 Å². The summed E-state index contributed by atoms with van der Waals surface area (Å²) in [7, 11) is 4.89. The summed E-state index contributed by atoms with van der Waals surface area (Å²) < 4.78 is 11.2. The standard InChI is InChI=1S/C11H14BrN3O2S/c1-13-11(18)15-14-6-7-4-8(12)10(17-3)9(5-7)16-2/h4-6H,1-3H3,(H2,13,15,18)/b14-6+. The number of ether oxygens (including phenoxy) is 2. The summed E-state index contributed by atoms with van der Waals surface area (Å²) in [5.74, 6) is 1.28. The van der Waals surface area contributed by atoms with Crippen LogP contribution in [0.3, 0.4) is 0 Å². The molecule has 5 nitrogen and oxygen atoms in total. The summed E-state index contributed by atoms with van der Waals surface area (Å²) in [5, 5.41) is 7.19. The molecule has 1 rings (SSSR count). The van der Waals surface area contributed by atoms with Gasteiger partial charge in [0.15, 0.2) is 16.6 Å². The van der Waals surface area contributed by atoms with Gasteiger partial charge in [-0.2, -0.15) is 5.10 Å². The van der Waals surface area contributed by atoms with Gasteiger partial charge >= 0.3 is 0 Å². The Morgan fingerprint density at radius 2 is 2.11 bits per heavy atom. The Hall–Kier alpha value is -1.34. The lowest BCUT2D eigenvalue weighted by molar-refractivity contribution is 0.353. The maximum Gasteiger partial charge on any atom is 0.186 e. The number of benzene rings is 1. The van der Waals surface area contributed by atoms with Crippen LogP contribution in [-0.4, -0.2) is 32.6 Å². The molecule has 0 bridgehead atoms. The molecule has 0 atom stereocenters. The van der Waals surface area contributed by atoms with Crippen LogP contribution in [0.15, 0.2) is 21.7 Å². The first kappa shape index (κ1) is 14.7. The number of halogens is 1. The van der Waals surface area contributed by atoms with Crippen molar-refractivity contribution in [2.75, 3.05) is 21.3 Å². The van der Waals surface area contributed by atoms with E-state index in [-0.39, 0.29) is 0 Å². The predicted octanol–water partition coefficient (Wildman–Crippen LogP) is 1.89. The van der Waals surface area contributed by atoms with E-state index in [9.17, 15) is 0 Å². The summed E-state index contributed by atoms with van der Waals surface area (Å²) in [6.45, 7) is 0. The van der Waals surface area contributed by atoms with Crippen LogP contribution in [-0.2, 0) is 0 Å². The smallest absolute Gasteiger partial charge is 0.186 e. The largest absolute Gasteiger partial charge is 0.493 e. The zero-order valence-corrected chi connectivity index (χ0v) is 12.7. The molecule has 1 aromatic rings. The topological polar surface area (TPSA) is 54.9 Å². The SMILES string of the molecule is CNC(=S)N/N=C/c1cc(Br)c(OC)c(OC)c1. The summed E-state index contributed by atoms with van der Waals surface area (Å²) in [4.78, 5) is 0. The van der Waals surface area contributed by atoms with Crippen molar-refractivity contribution in [2.24, 2.45) is 5.10 Å². The molecule has 0 aliphatic heterocycles.